The highest BCUT2D eigenvalue weighted by Crippen LogP contribution is 2.38. The normalized spacial score (nSPS) is 21.3. The van der Waals surface area contributed by atoms with Crippen molar-refractivity contribution in [2.45, 2.75) is 96.1 Å². The number of fused-ring (bicyclic) bond motifs is 1. The van der Waals surface area contributed by atoms with Gasteiger partial charge in [-0.15, -0.1) is 0 Å². The first-order valence-electron chi connectivity index (χ1n) is 13.5. The highest BCUT2D eigenvalue weighted by molar-refractivity contribution is 5.76. The lowest BCUT2D eigenvalue weighted by Crippen LogP contribution is -2.41. The molecule has 192 valence electrons. The number of aliphatic hydroxyl groups is 1. The molecule has 34 heavy (non-hydrogen) atoms. The molecule has 6 nitrogen and oxygen atoms in total. The number of ether oxygens (including phenoxy) is 3. The van der Waals surface area contributed by atoms with Gasteiger partial charge in [-0.25, -0.2) is 0 Å². The van der Waals surface area contributed by atoms with Gasteiger partial charge in [-0.3, -0.25) is 4.79 Å². The molecule has 0 radical (unpaired) electrons. The number of amides is 1. The second-order valence-electron chi connectivity index (χ2n) is 10.0. The topological polar surface area (TPSA) is 77.0 Å². The molecule has 2 N–H and O–H groups in total. The molecule has 1 amide bonds. The molecule has 3 rings (SSSR count). The number of carbonyl (C=O) groups excluding carboxylic acids is 1. The lowest BCUT2D eigenvalue weighted by molar-refractivity contribution is -0.123. The summed E-state index contributed by atoms with van der Waals surface area (Å²) >= 11 is 0. The maximum absolute atomic E-state index is 12.8. The first-order chi connectivity index (χ1) is 16.6. The predicted octanol–water partition coefficient (Wildman–Crippen LogP) is 5.57. The Morgan fingerprint density at radius 2 is 1.76 bits per heavy atom. The summed E-state index contributed by atoms with van der Waals surface area (Å²) in [6.45, 7) is 4.01. The average molecular weight is 476 g/mol. The van der Waals surface area contributed by atoms with Crippen LogP contribution in [-0.4, -0.2) is 44.0 Å². The fraction of sp³-hybridized carbons (Fsp3) is 0.750. The number of carbonyl (C=O) groups is 1. The predicted molar refractivity (Wildman–Crippen MR) is 134 cm³/mol. The van der Waals surface area contributed by atoms with Crippen molar-refractivity contribution in [3.8, 4) is 11.5 Å². The fourth-order valence-electron chi connectivity index (χ4n) is 5.45. The molecule has 0 aromatic heterocycles. The molecule has 1 aromatic rings. The number of nitrogens with one attached hydrogen (secondary N) is 1. The monoisotopic (exact) mass is 475 g/mol. The zero-order chi connectivity index (χ0) is 24.2. The van der Waals surface area contributed by atoms with E-state index in [0.29, 0.717) is 43.0 Å². The van der Waals surface area contributed by atoms with E-state index in [1.807, 2.05) is 18.2 Å². The first-order valence-corrected chi connectivity index (χ1v) is 13.5. The van der Waals surface area contributed by atoms with Gasteiger partial charge in [0.1, 0.15) is 13.2 Å². The van der Waals surface area contributed by atoms with Crippen LogP contribution in [0.1, 0.15) is 95.6 Å². The van der Waals surface area contributed by atoms with Crippen molar-refractivity contribution in [1.29, 1.82) is 0 Å². The Morgan fingerprint density at radius 1 is 1.06 bits per heavy atom. The molecular formula is C28H45NO5. The number of rotatable bonds is 15. The van der Waals surface area contributed by atoms with Crippen LogP contribution in [0, 0.1) is 11.8 Å². The van der Waals surface area contributed by atoms with Crippen molar-refractivity contribution in [1.82, 2.24) is 5.32 Å². The quantitative estimate of drug-likeness (QED) is 0.324. The van der Waals surface area contributed by atoms with E-state index in [4.69, 9.17) is 14.2 Å². The second-order valence-corrected chi connectivity index (χ2v) is 10.0. The highest BCUT2D eigenvalue weighted by Gasteiger charge is 2.33. The SMILES string of the molecule is CCCCCCCCCC(=O)N[C@H](CC1CCC[C@@H]1COC)[C@H](O)c1ccc2c(c1)OCCO2. The van der Waals surface area contributed by atoms with Crippen molar-refractivity contribution < 1.29 is 24.1 Å². The largest absolute Gasteiger partial charge is 0.486 e. The Balaban J connectivity index is 1.60. The summed E-state index contributed by atoms with van der Waals surface area (Å²) in [7, 11) is 1.75. The van der Waals surface area contributed by atoms with Gasteiger partial charge in [-0.2, -0.15) is 0 Å². The van der Waals surface area contributed by atoms with E-state index >= 15 is 0 Å². The average Bonchev–Trinajstić information content (AvgIpc) is 3.29. The fourth-order valence-corrected chi connectivity index (χ4v) is 5.45. The van der Waals surface area contributed by atoms with Crippen molar-refractivity contribution in [2.75, 3.05) is 26.9 Å². The third kappa shape index (κ3) is 8.16. The van der Waals surface area contributed by atoms with Crippen LogP contribution in [0.25, 0.3) is 0 Å². The minimum absolute atomic E-state index is 0.0384. The second kappa shape index (κ2) is 14.6. The minimum atomic E-state index is -0.794. The van der Waals surface area contributed by atoms with Crippen molar-refractivity contribution in [3.05, 3.63) is 23.8 Å². The van der Waals surface area contributed by atoms with Crippen LogP contribution >= 0.6 is 0 Å². The van der Waals surface area contributed by atoms with E-state index in [1.165, 1.54) is 38.5 Å². The molecule has 2 aliphatic rings. The molecule has 1 saturated carbocycles. The molecule has 1 aliphatic carbocycles. The summed E-state index contributed by atoms with van der Waals surface area (Å²) in [5, 5.41) is 14.6. The van der Waals surface area contributed by atoms with E-state index in [9.17, 15) is 9.90 Å². The highest BCUT2D eigenvalue weighted by atomic mass is 16.6. The number of methoxy groups -OCH3 is 1. The maximum Gasteiger partial charge on any atom is 0.220 e. The third-order valence-corrected chi connectivity index (χ3v) is 7.40. The maximum atomic E-state index is 12.8. The Bertz CT molecular complexity index is 740. The van der Waals surface area contributed by atoms with Gasteiger partial charge < -0.3 is 24.6 Å². The van der Waals surface area contributed by atoms with Crippen LogP contribution in [0.5, 0.6) is 11.5 Å². The van der Waals surface area contributed by atoms with Crippen molar-refractivity contribution >= 4 is 5.91 Å². The molecule has 0 spiro atoms. The molecule has 0 saturated heterocycles. The number of benzene rings is 1. The van der Waals surface area contributed by atoms with Crippen LogP contribution in [0.2, 0.25) is 0 Å². The Kier molecular flexibility index (Phi) is 11.5. The summed E-state index contributed by atoms with van der Waals surface area (Å²) in [5.41, 5.74) is 0.756. The number of aliphatic hydroxyl groups excluding tert-OH is 1. The molecule has 4 atom stereocenters. The molecule has 1 aromatic carbocycles. The molecule has 1 fully saturated rings. The molecule has 1 aliphatic heterocycles. The third-order valence-electron chi connectivity index (χ3n) is 7.40. The van der Waals surface area contributed by atoms with E-state index < -0.39 is 6.10 Å². The van der Waals surface area contributed by atoms with Gasteiger partial charge in [0.2, 0.25) is 5.91 Å². The van der Waals surface area contributed by atoms with E-state index in [2.05, 4.69) is 12.2 Å². The number of hydrogen-bond donors (Lipinski definition) is 2. The van der Waals surface area contributed by atoms with Crippen LogP contribution in [0.15, 0.2) is 18.2 Å². The van der Waals surface area contributed by atoms with Crippen LogP contribution in [-0.2, 0) is 9.53 Å². The van der Waals surface area contributed by atoms with Gasteiger partial charge >= 0.3 is 0 Å². The summed E-state index contributed by atoms with van der Waals surface area (Å²) in [4.78, 5) is 12.8. The van der Waals surface area contributed by atoms with Gasteiger partial charge in [-0.1, -0.05) is 64.4 Å². The lowest BCUT2D eigenvalue weighted by atomic mass is 9.86. The molecule has 1 unspecified atom stereocenters. The van der Waals surface area contributed by atoms with Crippen molar-refractivity contribution in [3.63, 3.8) is 0 Å². The zero-order valence-corrected chi connectivity index (χ0v) is 21.2. The molecule has 6 heteroatoms. The van der Waals surface area contributed by atoms with Gasteiger partial charge in [0, 0.05) is 20.1 Å². The number of unbranched alkanes of at least 4 members (excludes halogenated alkanes) is 6. The molecular weight excluding hydrogens is 430 g/mol. The summed E-state index contributed by atoms with van der Waals surface area (Å²) in [6.07, 6.45) is 12.2. The van der Waals surface area contributed by atoms with Gasteiger partial charge in [0.15, 0.2) is 11.5 Å². The smallest absolute Gasteiger partial charge is 0.220 e. The van der Waals surface area contributed by atoms with Gasteiger partial charge in [-0.05, 0) is 48.8 Å². The van der Waals surface area contributed by atoms with Gasteiger partial charge in [0.05, 0.1) is 12.1 Å². The summed E-state index contributed by atoms with van der Waals surface area (Å²) < 4.78 is 16.8. The Hall–Kier alpha value is -1.79. The lowest BCUT2D eigenvalue weighted by Gasteiger charge is -2.30. The van der Waals surface area contributed by atoms with E-state index in [0.717, 1.165) is 44.3 Å². The zero-order valence-electron chi connectivity index (χ0n) is 21.2. The van der Waals surface area contributed by atoms with Crippen molar-refractivity contribution in [2.24, 2.45) is 11.8 Å². The summed E-state index contributed by atoms with van der Waals surface area (Å²) in [6, 6.07) is 5.26. The van der Waals surface area contributed by atoms with E-state index in [1.54, 1.807) is 7.11 Å². The summed E-state index contributed by atoms with van der Waals surface area (Å²) in [5.74, 6) is 2.33. The standard InChI is InChI=1S/C28H45NO5/c1-3-4-5-6-7-8-9-13-27(30)29-24(18-21-11-10-12-23(21)20-32-2)28(31)22-14-15-25-26(19-22)34-17-16-33-25/h14-15,19,21,23-24,28,31H,3-13,16-18,20H2,1-2H3,(H,29,30)/t21?,23-,24-,28-/m1/s1. The van der Waals surface area contributed by atoms with Gasteiger partial charge in [0.25, 0.3) is 0 Å². The van der Waals surface area contributed by atoms with Crippen LogP contribution in [0.3, 0.4) is 0 Å². The Morgan fingerprint density at radius 3 is 2.53 bits per heavy atom. The number of hydrogen-bond acceptors (Lipinski definition) is 5. The molecule has 1 heterocycles. The van der Waals surface area contributed by atoms with Crippen LogP contribution < -0.4 is 14.8 Å². The van der Waals surface area contributed by atoms with Crippen LogP contribution in [0.4, 0.5) is 0 Å². The molecule has 0 bridgehead atoms. The van der Waals surface area contributed by atoms with E-state index in [-0.39, 0.29) is 11.9 Å². The Labute approximate surface area is 205 Å². The first kappa shape index (κ1) is 26.8. The minimum Gasteiger partial charge on any atom is -0.486 e.